The van der Waals surface area contributed by atoms with Gasteiger partial charge in [-0.3, -0.25) is 14.4 Å². The van der Waals surface area contributed by atoms with Crippen LogP contribution in [0.1, 0.15) is 355 Å². The highest BCUT2D eigenvalue weighted by Crippen LogP contribution is 2.17. The molecule has 0 aliphatic heterocycles. The molecular weight excluding hydrogens is 949 g/mol. The first-order chi connectivity index (χ1) is 38.0. The molecule has 0 rings (SSSR count). The molecule has 6 heteroatoms. The first-order valence-corrected chi connectivity index (χ1v) is 33.8. The maximum atomic E-state index is 12.9. The molecule has 1 atom stereocenters. The molecule has 0 radical (unpaired) electrons. The number of hydrogen-bond acceptors (Lipinski definition) is 6. The zero-order chi connectivity index (χ0) is 55.7. The third-order valence-electron chi connectivity index (χ3n) is 15.0. The van der Waals surface area contributed by atoms with Gasteiger partial charge in [0, 0.05) is 19.3 Å². The second kappa shape index (κ2) is 65.6. The molecule has 0 aromatic carbocycles. The lowest BCUT2D eigenvalue weighted by molar-refractivity contribution is -0.167. The van der Waals surface area contributed by atoms with Crippen LogP contribution in [0.5, 0.6) is 0 Å². The summed E-state index contributed by atoms with van der Waals surface area (Å²) in [6, 6.07) is 0. The van der Waals surface area contributed by atoms with Gasteiger partial charge in [0.25, 0.3) is 0 Å². The number of hydrogen-bond donors (Lipinski definition) is 0. The van der Waals surface area contributed by atoms with Crippen molar-refractivity contribution in [1.29, 1.82) is 0 Å². The van der Waals surface area contributed by atoms with Crippen molar-refractivity contribution in [2.45, 2.75) is 361 Å². The molecule has 77 heavy (non-hydrogen) atoms. The summed E-state index contributed by atoms with van der Waals surface area (Å²) in [5.74, 6) is -0.871. The zero-order valence-electron chi connectivity index (χ0n) is 51.5. The van der Waals surface area contributed by atoms with Crippen LogP contribution >= 0.6 is 0 Å². The Morgan fingerprint density at radius 3 is 0.766 bits per heavy atom. The van der Waals surface area contributed by atoms with Crippen molar-refractivity contribution >= 4 is 17.9 Å². The summed E-state index contributed by atoms with van der Waals surface area (Å²) < 4.78 is 17.0. The van der Waals surface area contributed by atoms with E-state index in [4.69, 9.17) is 14.2 Å². The number of carbonyl (C=O) groups is 3. The van der Waals surface area contributed by atoms with Gasteiger partial charge in [0.05, 0.1) is 0 Å². The van der Waals surface area contributed by atoms with Crippen molar-refractivity contribution in [3.63, 3.8) is 0 Å². The number of ether oxygens (including phenoxy) is 3. The van der Waals surface area contributed by atoms with Gasteiger partial charge in [0.2, 0.25) is 0 Å². The van der Waals surface area contributed by atoms with Gasteiger partial charge in [-0.25, -0.2) is 0 Å². The second-order valence-corrected chi connectivity index (χ2v) is 22.7. The Morgan fingerprint density at radius 1 is 0.260 bits per heavy atom. The SMILES string of the molecule is CCCC/C=C\C/C=C\CCCCCCCC(=O)OCC(COC(=O)CCCCCCCCCCCCCC/C=C\C/C=C\C/C=C\CCCCCCC)OC(=O)CCCCCCCCCCCCCCCCCCCC. The molecule has 0 aromatic heterocycles. The number of esters is 3. The predicted octanol–water partition coefficient (Wildman–Crippen LogP) is 23.1. The largest absolute Gasteiger partial charge is 0.462 e. The topological polar surface area (TPSA) is 78.9 Å². The van der Waals surface area contributed by atoms with Crippen molar-refractivity contribution in [3.05, 3.63) is 60.8 Å². The molecule has 1 unspecified atom stereocenters. The highest BCUT2D eigenvalue weighted by Gasteiger charge is 2.19. The maximum Gasteiger partial charge on any atom is 0.306 e. The second-order valence-electron chi connectivity index (χ2n) is 22.7. The van der Waals surface area contributed by atoms with E-state index in [1.165, 1.54) is 225 Å². The van der Waals surface area contributed by atoms with E-state index in [9.17, 15) is 14.4 Å². The lowest BCUT2D eigenvalue weighted by Gasteiger charge is -2.18. The Hall–Kier alpha value is -2.89. The lowest BCUT2D eigenvalue weighted by Crippen LogP contribution is -2.30. The molecule has 0 bridgehead atoms. The molecule has 0 aliphatic carbocycles. The maximum absolute atomic E-state index is 12.9. The van der Waals surface area contributed by atoms with Gasteiger partial charge in [-0.1, -0.05) is 313 Å². The molecule has 0 N–H and O–H groups in total. The van der Waals surface area contributed by atoms with Crippen molar-refractivity contribution < 1.29 is 28.6 Å². The fraction of sp³-hybridized carbons (Fsp3) is 0.817. The summed E-state index contributed by atoms with van der Waals surface area (Å²) in [6.07, 6.45) is 83.8. The Morgan fingerprint density at radius 2 is 0.481 bits per heavy atom. The molecule has 0 fully saturated rings. The average molecular weight is 1080 g/mol. The summed E-state index contributed by atoms with van der Waals surface area (Å²) in [5, 5.41) is 0. The number of allylic oxidation sites excluding steroid dienone is 10. The normalized spacial score (nSPS) is 12.4. The van der Waals surface area contributed by atoms with Gasteiger partial charge in [-0.15, -0.1) is 0 Å². The molecule has 6 nitrogen and oxygen atoms in total. The van der Waals surface area contributed by atoms with Crippen LogP contribution in [-0.4, -0.2) is 37.2 Å². The monoisotopic (exact) mass is 1080 g/mol. The van der Waals surface area contributed by atoms with Gasteiger partial charge in [-0.05, 0) is 83.5 Å². The summed E-state index contributed by atoms with van der Waals surface area (Å²) in [6.45, 7) is 6.63. The molecular formula is C71H128O6. The summed E-state index contributed by atoms with van der Waals surface area (Å²) in [4.78, 5) is 38.4. The Balaban J connectivity index is 4.27. The smallest absolute Gasteiger partial charge is 0.306 e. The highest BCUT2D eigenvalue weighted by atomic mass is 16.6. The summed E-state index contributed by atoms with van der Waals surface area (Å²) >= 11 is 0. The molecule has 0 aliphatic rings. The number of rotatable bonds is 62. The van der Waals surface area contributed by atoms with Gasteiger partial charge in [0.1, 0.15) is 13.2 Å². The van der Waals surface area contributed by atoms with E-state index in [2.05, 4.69) is 81.5 Å². The fourth-order valence-electron chi connectivity index (χ4n) is 9.88. The fourth-order valence-corrected chi connectivity index (χ4v) is 9.88. The van der Waals surface area contributed by atoms with Crippen LogP contribution in [0.3, 0.4) is 0 Å². The quantitative estimate of drug-likeness (QED) is 0.0261. The molecule has 0 saturated heterocycles. The zero-order valence-corrected chi connectivity index (χ0v) is 51.5. The Bertz CT molecular complexity index is 1380. The van der Waals surface area contributed by atoms with Gasteiger partial charge >= 0.3 is 17.9 Å². The van der Waals surface area contributed by atoms with Crippen molar-refractivity contribution in [3.8, 4) is 0 Å². The number of carbonyl (C=O) groups excluding carboxylic acids is 3. The van der Waals surface area contributed by atoms with E-state index in [-0.39, 0.29) is 31.1 Å². The van der Waals surface area contributed by atoms with Gasteiger partial charge < -0.3 is 14.2 Å². The van der Waals surface area contributed by atoms with Crippen LogP contribution in [0.4, 0.5) is 0 Å². The molecule has 0 spiro atoms. The Labute approximate surface area is 479 Å². The summed E-state index contributed by atoms with van der Waals surface area (Å²) in [7, 11) is 0. The van der Waals surface area contributed by atoms with Crippen molar-refractivity contribution in [2.75, 3.05) is 13.2 Å². The number of unbranched alkanes of at least 4 members (excludes halogenated alkanes) is 41. The third kappa shape index (κ3) is 63.8. The van der Waals surface area contributed by atoms with Crippen LogP contribution in [0.15, 0.2) is 60.8 Å². The average Bonchev–Trinajstić information content (AvgIpc) is 3.43. The predicted molar refractivity (Wildman–Crippen MR) is 335 cm³/mol. The lowest BCUT2D eigenvalue weighted by atomic mass is 10.0. The minimum absolute atomic E-state index is 0.0761. The van der Waals surface area contributed by atoms with Crippen LogP contribution < -0.4 is 0 Å². The van der Waals surface area contributed by atoms with E-state index in [1.54, 1.807) is 0 Å². The van der Waals surface area contributed by atoms with Gasteiger partial charge in [0.15, 0.2) is 6.10 Å². The van der Waals surface area contributed by atoms with Crippen molar-refractivity contribution in [1.82, 2.24) is 0 Å². The van der Waals surface area contributed by atoms with E-state index in [0.29, 0.717) is 19.3 Å². The summed E-state index contributed by atoms with van der Waals surface area (Å²) in [5.41, 5.74) is 0. The molecule has 0 heterocycles. The van der Waals surface area contributed by atoms with E-state index >= 15 is 0 Å². The third-order valence-corrected chi connectivity index (χ3v) is 15.0. The van der Waals surface area contributed by atoms with Crippen LogP contribution in [0, 0.1) is 0 Å². The van der Waals surface area contributed by atoms with E-state index in [1.807, 2.05) is 0 Å². The molecule has 0 amide bonds. The first-order valence-electron chi connectivity index (χ1n) is 33.8. The van der Waals surface area contributed by atoms with Crippen LogP contribution in [0.25, 0.3) is 0 Å². The molecule has 0 aromatic rings. The highest BCUT2D eigenvalue weighted by molar-refractivity contribution is 5.71. The molecule has 0 saturated carbocycles. The van der Waals surface area contributed by atoms with Crippen LogP contribution in [-0.2, 0) is 28.6 Å². The standard InChI is InChI=1S/C71H128O6/c1-4-7-10-13-16-19-22-25-28-30-32-33-34-35-36-37-38-39-40-42-43-46-49-52-55-58-61-64-70(73)76-67-68(66-75-69(72)63-60-57-54-51-48-45-27-24-21-18-15-12-9-6-3)77-71(74)65-62-59-56-53-50-47-44-41-31-29-26-23-20-17-14-11-8-5-2/h15,18,22,24-25,27,30,32,34-35,68H,4-14,16-17,19-21,23,26,28-29,31,33,36-67H2,1-3H3/b18-15-,25-22-,27-24-,32-30-,35-34-. The minimum atomic E-state index is -0.780. The Kier molecular flexibility index (Phi) is 63.2. The van der Waals surface area contributed by atoms with Gasteiger partial charge in [-0.2, -0.15) is 0 Å². The van der Waals surface area contributed by atoms with Crippen LogP contribution in [0.2, 0.25) is 0 Å². The van der Waals surface area contributed by atoms with E-state index in [0.717, 1.165) is 89.9 Å². The minimum Gasteiger partial charge on any atom is -0.462 e. The van der Waals surface area contributed by atoms with E-state index < -0.39 is 6.10 Å². The molecule has 448 valence electrons. The van der Waals surface area contributed by atoms with Crippen molar-refractivity contribution in [2.24, 2.45) is 0 Å². The first kappa shape index (κ1) is 74.1.